The van der Waals surface area contributed by atoms with Gasteiger partial charge in [0.1, 0.15) is 0 Å². The van der Waals surface area contributed by atoms with Crippen LogP contribution in [0.2, 0.25) is 0 Å². The predicted molar refractivity (Wildman–Crippen MR) is 91.4 cm³/mol. The summed E-state index contributed by atoms with van der Waals surface area (Å²) in [7, 11) is 4.50. The van der Waals surface area contributed by atoms with Crippen molar-refractivity contribution in [1.29, 1.82) is 0 Å². The lowest BCUT2D eigenvalue weighted by Gasteiger charge is -2.43. The molecular formula is C18H33N3. The lowest BCUT2D eigenvalue weighted by atomic mass is 9.98. The Kier molecular flexibility index (Phi) is 5.88. The Morgan fingerprint density at radius 3 is 2.43 bits per heavy atom. The number of likely N-dealkylation sites (tertiary alicyclic amines) is 1. The van der Waals surface area contributed by atoms with Crippen LogP contribution in [-0.2, 0) is 0 Å². The summed E-state index contributed by atoms with van der Waals surface area (Å²) in [6.45, 7) is 12.9. The summed E-state index contributed by atoms with van der Waals surface area (Å²) < 4.78 is 0. The van der Waals surface area contributed by atoms with Crippen LogP contribution in [0.3, 0.4) is 0 Å². The highest BCUT2D eigenvalue weighted by Gasteiger charge is 2.28. The van der Waals surface area contributed by atoms with E-state index in [1.807, 2.05) is 0 Å². The molecule has 1 fully saturated rings. The zero-order chi connectivity index (χ0) is 15.4. The first-order valence-corrected chi connectivity index (χ1v) is 8.45. The zero-order valence-corrected chi connectivity index (χ0v) is 14.6. The lowest BCUT2D eigenvalue weighted by molar-refractivity contribution is 0.0467. The van der Waals surface area contributed by atoms with Gasteiger partial charge < -0.3 is 14.7 Å². The van der Waals surface area contributed by atoms with Gasteiger partial charge in [-0.1, -0.05) is 11.6 Å². The molecule has 0 aromatic rings. The smallest absolute Gasteiger partial charge is 0.0299 e. The van der Waals surface area contributed by atoms with Crippen molar-refractivity contribution in [3.05, 3.63) is 23.4 Å². The summed E-state index contributed by atoms with van der Waals surface area (Å²) in [5, 5.41) is 0. The summed E-state index contributed by atoms with van der Waals surface area (Å²) in [4.78, 5) is 7.50. The van der Waals surface area contributed by atoms with E-state index in [1.54, 1.807) is 0 Å². The van der Waals surface area contributed by atoms with Gasteiger partial charge in [0.2, 0.25) is 0 Å². The van der Waals surface area contributed by atoms with Crippen molar-refractivity contribution in [1.82, 2.24) is 14.7 Å². The average Bonchev–Trinajstić information content (AvgIpc) is 2.40. The Labute approximate surface area is 131 Å². The molecule has 0 radical (unpaired) electrons. The normalized spacial score (nSPS) is 20.5. The van der Waals surface area contributed by atoms with Crippen molar-refractivity contribution in [3.8, 4) is 0 Å². The number of hydrogen-bond acceptors (Lipinski definition) is 3. The van der Waals surface area contributed by atoms with E-state index in [0.717, 1.165) is 19.0 Å². The van der Waals surface area contributed by atoms with Crippen molar-refractivity contribution in [2.24, 2.45) is 5.92 Å². The van der Waals surface area contributed by atoms with Crippen molar-refractivity contribution in [2.45, 2.75) is 39.7 Å². The van der Waals surface area contributed by atoms with Gasteiger partial charge >= 0.3 is 0 Å². The van der Waals surface area contributed by atoms with Crippen LogP contribution in [-0.4, -0.2) is 67.6 Å². The minimum absolute atomic E-state index is 0.715. The molecule has 0 atom stereocenters. The first kappa shape index (κ1) is 16.6. The predicted octanol–water partition coefficient (Wildman–Crippen LogP) is 2.81. The molecule has 3 heteroatoms. The molecule has 1 aliphatic heterocycles. The maximum absolute atomic E-state index is 2.56. The third kappa shape index (κ3) is 4.86. The first-order chi connectivity index (χ1) is 9.95. The monoisotopic (exact) mass is 291 g/mol. The number of rotatable bonds is 7. The van der Waals surface area contributed by atoms with Gasteiger partial charge in [-0.25, -0.2) is 0 Å². The van der Waals surface area contributed by atoms with Crippen LogP contribution in [0.4, 0.5) is 0 Å². The van der Waals surface area contributed by atoms with E-state index in [2.05, 4.69) is 61.7 Å². The van der Waals surface area contributed by atoms with Gasteiger partial charge in [-0.3, -0.25) is 0 Å². The van der Waals surface area contributed by atoms with E-state index in [0.29, 0.717) is 6.04 Å². The molecule has 21 heavy (non-hydrogen) atoms. The summed E-state index contributed by atoms with van der Waals surface area (Å²) in [5.41, 5.74) is 2.99. The Bertz CT molecular complexity index is 391. The van der Waals surface area contributed by atoms with Crippen molar-refractivity contribution >= 4 is 0 Å². The van der Waals surface area contributed by atoms with Crippen LogP contribution in [0.1, 0.15) is 33.6 Å². The molecule has 1 saturated heterocycles. The number of nitrogens with zero attached hydrogens (tertiary/aromatic N) is 3. The first-order valence-electron chi connectivity index (χ1n) is 8.45. The minimum Gasteiger partial charge on any atom is -0.377 e. The standard InChI is InChI=1S/C18H33N3/c1-15(2)21-13-17(14-21)12-19(4)10-11-20(5)18-8-6-16(3)7-9-18/h6,8,15,17H,7,9-14H2,1-5H3. The number of hydrogen-bond donors (Lipinski definition) is 0. The largest absolute Gasteiger partial charge is 0.377 e. The SMILES string of the molecule is CC1=CC=C(N(C)CCN(C)CC2CN(C(C)C)C2)CC1. The third-order valence-electron chi connectivity index (χ3n) is 4.93. The molecule has 1 heterocycles. The van der Waals surface area contributed by atoms with Gasteiger partial charge in [0, 0.05) is 51.5 Å². The summed E-state index contributed by atoms with van der Waals surface area (Å²) in [6, 6.07) is 0.715. The number of likely N-dealkylation sites (N-methyl/N-ethyl adjacent to an activating group) is 2. The average molecular weight is 291 g/mol. The minimum atomic E-state index is 0.715. The van der Waals surface area contributed by atoms with E-state index in [1.165, 1.54) is 43.7 Å². The molecule has 0 saturated carbocycles. The molecule has 2 rings (SSSR count). The molecule has 1 aliphatic carbocycles. The Balaban J connectivity index is 1.64. The van der Waals surface area contributed by atoms with Crippen LogP contribution < -0.4 is 0 Å². The quantitative estimate of drug-likeness (QED) is 0.714. The highest BCUT2D eigenvalue weighted by Crippen LogP contribution is 2.21. The zero-order valence-electron chi connectivity index (χ0n) is 14.6. The maximum atomic E-state index is 2.56. The highest BCUT2D eigenvalue weighted by atomic mass is 15.2. The van der Waals surface area contributed by atoms with Gasteiger partial charge in [-0.05, 0) is 52.7 Å². The molecule has 0 aromatic carbocycles. The third-order valence-corrected chi connectivity index (χ3v) is 4.93. The van der Waals surface area contributed by atoms with Crippen molar-refractivity contribution in [3.63, 3.8) is 0 Å². The number of allylic oxidation sites excluding steroid dienone is 4. The van der Waals surface area contributed by atoms with Gasteiger partial charge in [0.25, 0.3) is 0 Å². The summed E-state index contributed by atoms with van der Waals surface area (Å²) in [5.74, 6) is 0.877. The summed E-state index contributed by atoms with van der Waals surface area (Å²) in [6.07, 6.45) is 6.99. The van der Waals surface area contributed by atoms with Crippen LogP contribution >= 0.6 is 0 Å². The molecule has 3 nitrogen and oxygen atoms in total. The van der Waals surface area contributed by atoms with Gasteiger partial charge in [-0.15, -0.1) is 0 Å². The summed E-state index contributed by atoms with van der Waals surface area (Å²) >= 11 is 0. The van der Waals surface area contributed by atoms with Crippen molar-refractivity contribution in [2.75, 3.05) is 46.8 Å². The van der Waals surface area contributed by atoms with Gasteiger partial charge in [0.15, 0.2) is 0 Å². The molecule has 0 aromatic heterocycles. The molecule has 120 valence electrons. The molecule has 0 spiro atoms. The van der Waals surface area contributed by atoms with Crippen LogP contribution in [0, 0.1) is 5.92 Å². The molecule has 0 unspecified atom stereocenters. The second kappa shape index (κ2) is 7.46. The fourth-order valence-electron chi connectivity index (χ4n) is 3.19. The fraction of sp³-hybridized carbons (Fsp3) is 0.778. The van der Waals surface area contributed by atoms with Crippen LogP contribution in [0.25, 0.3) is 0 Å². The Morgan fingerprint density at radius 2 is 1.86 bits per heavy atom. The highest BCUT2D eigenvalue weighted by molar-refractivity contribution is 5.21. The van der Waals surface area contributed by atoms with Crippen molar-refractivity contribution < 1.29 is 0 Å². The molecule has 2 aliphatic rings. The maximum Gasteiger partial charge on any atom is 0.0299 e. The van der Waals surface area contributed by atoms with E-state index >= 15 is 0 Å². The van der Waals surface area contributed by atoms with E-state index in [-0.39, 0.29) is 0 Å². The fourth-order valence-corrected chi connectivity index (χ4v) is 3.19. The van der Waals surface area contributed by atoms with Crippen LogP contribution in [0.5, 0.6) is 0 Å². The molecule has 0 N–H and O–H groups in total. The molecule has 0 bridgehead atoms. The van der Waals surface area contributed by atoms with Crippen LogP contribution in [0.15, 0.2) is 23.4 Å². The lowest BCUT2D eigenvalue weighted by Crippen LogP contribution is -2.53. The van der Waals surface area contributed by atoms with Gasteiger partial charge in [-0.2, -0.15) is 0 Å². The van der Waals surface area contributed by atoms with E-state index < -0.39 is 0 Å². The molecular weight excluding hydrogens is 258 g/mol. The Hall–Kier alpha value is -0.800. The molecule has 0 amide bonds. The second-order valence-electron chi connectivity index (χ2n) is 7.27. The van der Waals surface area contributed by atoms with Gasteiger partial charge in [0.05, 0.1) is 0 Å². The topological polar surface area (TPSA) is 9.72 Å². The van der Waals surface area contributed by atoms with E-state index in [4.69, 9.17) is 0 Å². The van der Waals surface area contributed by atoms with E-state index in [9.17, 15) is 0 Å². The Morgan fingerprint density at radius 1 is 1.14 bits per heavy atom. The second-order valence-corrected chi connectivity index (χ2v) is 7.27.